The van der Waals surface area contributed by atoms with Crippen LogP contribution in [0.2, 0.25) is 0 Å². The molecule has 16 heavy (non-hydrogen) atoms. The molecule has 0 aliphatic carbocycles. The number of hydrogen-bond donors (Lipinski definition) is 1. The second-order valence-electron chi connectivity index (χ2n) is 5.40. The van der Waals surface area contributed by atoms with Crippen LogP contribution in [0, 0.1) is 17.3 Å². The summed E-state index contributed by atoms with van der Waals surface area (Å²) in [5.41, 5.74) is 5.35. The lowest BCUT2D eigenvalue weighted by molar-refractivity contribution is -0.157. The standard InChI is InChI=1S/C13H27NO2/c1-6-16-12(15)13(9-14,7-10(2)3)8-11(4)5/h10-11H,6-9,14H2,1-5H3. The molecule has 0 fully saturated rings. The van der Waals surface area contributed by atoms with Crippen molar-refractivity contribution in [1.82, 2.24) is 0 Å². The van der Waals surface area contributed by atoms with Gasteiger partial charge in [0.05, 0.1) is 12.0 Å². The number of carbonyl (C=O) groups is 1. The smallest absolute Gasteiger partial charge is 0.313 e. The normalized spacial score (nSPS) is 12.2. The van der Waals surface area contributed by atoms with E-state index in [0.717, 1.165) is 12.8 Å². The van der Waals surface area contributed by atoms with Crippen molar-refractivity contribution in [2.45, 2.75) is 47.5 Å². The first-order valence-corrected chi connectivity index (χ1v) is 6.25. The van der Waals surface area contributed by atoms with Gasteiger partial charge in [0.2, 0.25) is 0 Å². The second-order valence-corrected chi connectivity index (χ2v) is 5.40. The summed E-state index contributed by atoms with van der Waals surface area (Å²) in [6, 6.07) is 0. The summed E-state index contributed by atoms with van der Waals surface area (Å²) in [7, 11) is 0. The van der Waals surface area contributed by atoms with Crippen molar-refractivity contribution in [3.05, 3.63) is 0 Å². The molecule has 2 N–H and O–H groups in total. The fraction of sp³-hybridized carbons (Fsp3) is 0.923. The average molecular weight is 229 g/mol. The molecule has 0 aliphatic rings. The van der Waals surface area contributed by atoms with Crippen LogP contribution in [-0.4, -0.2) is 19.1 Å². The molecule has 0 unspecified atom stereocenters. The minimum absolute atomic E-state index is 0.125. The van der Waals surface area contributed by atoms with Crippen molar-refractivity contribution >= 4 is 5.97 Å². The Balaban J connectivity index is 4.86. The van der Waals surface area contributed by atoms with Crippen LogP contribution in [0.15, 0.2) is 0 Å². The van der Waals surface area contributed by atoms with E-state index in [0.29, 0.717) is 25.0 Å². The summed E-state index contributed by atoms with van der Waals surface area (Å²) in [6.45, 7) is 11.1. The number of hydrogen-bond acceptors (Lipinski definition) is 3. The second kappa shape index (κ2) is 6.89. The maximum absolute atomic E-state index is 12.1. The fourth-order valence-corrected chi connectivity index (χ4v) is 2.35. The third kappa shape index (κ3) is 4.52. The fourth-order valence-electron chi connectivity index (χ4n) is 2.35. The highest BCUT2D eigenvalue weighted by Crippen LogP contribution is 2.34. The summed E-state index contributed by atoms with van der Waals surface area (Å²) in [6.07, 6.45) is 1.61. The maximum Gasteiger partial charge on any atom is 0.313 e. The van der Waals surface area contributed by atoms with Gasteiger partial charge in [-0.1, -0.05) is 27.7 Å². The first-order valence-electron chi connectivity index (χ1n) is 6.25. The molecule has 0 atom stereocenters. The van der Waals surface area contributed by atoms with Gasteiger partial charge in [-0.05, 0) is 31.6 Å². The Morgan fingerprint density at radius 1 is 1.19 bits per heavy atom. The van der Waals surface area contributed by atoms with Crippen LogP contribution >= 0.6 is 0 Å². The zero-order valence-electron chi connectivity index (χ0n) is 11.4. The van der Waals surface area contributed by atoms with Crippen molar-refractivity contribution in [1.29, 1.82) is 0 Å². The maximum atomic E-state index is 12.1. The van der Waals surface area contributed by atoms with E-state index in [4.69, 9.17) is 10.5 Å². The van der Waals surface area contributed by atoms with E-state index in [2.05, 4.69) is 27.7 Å². The highest BCUT2D eigenvalue weighted by atomic mass is 16.5. The molecule has 0 saturated heterocycles. The first-order chi connectivity index (χ1) is 7.38. The van der Waals surface area contributed by atoms with E-state index in [1.165, 1.54) is 0 Å². The van der Waals surface area contributed by atoms with E-state index < -0.39 is 5.41 Å². The Morgan fingerprint density at radius 2 is 1.62 bits per heavy atom. The Kier molecular flexibility index (Phi) is 6.65. The van der Waals surface area contributed by atoms with Crippen LogP contribution in [0.3, 0.4) is 0 Å². The molecule has 0 aromatic heterocycles. The molecule has 0 spiro atoms. The monoisotopic (exact) mass is 229 g/mol. The summed E-state index contributed by atoms with van der Waals surface area (Å²) in [5, 5.41) is 0. The summed E-state index contributed by atoms with van der Waals surface area (Å²) in [5.74, 6) is 0.776. The molecule has 96 valence electrons. The Hall–Kier alpha value is -0.570. The molecule has 3 heteroatoms. The number of carbonyl (C=O) groups excluding carboxylic acids is 1. The average Bonchev–Trinajstić information content (AvgIpc) is 2.15. The van der Waals surface area contributed by atoms with Crippen LogP contribution in [-0.2, 0) is 9.53 Å². The lowest BCUT2D eigenvalue weighted by atomic mass is 9.74. The van der Waals surface area contributed by atoms with Gasteiger partial charge in [-0.15, -0.1) is 0 Å². The molecular weight excluding hydrogens is 202 g/mol. The molecule has 0 aromatic carbocycles. The molecule has 0 aliphatic heterocycles. The van der Waals surface area contributed by atoms with E-state index >= 15 is 0 Å². The molecule has 3 nitrogen and oxygen atoms in total. The van der Waals surface area contributed by atoms with Gasteiger partial charge in [-0.25, -0.2) is 0 Å². The van der Waals surface area contributed by atoms with E-state index in [1.807, 2.05) is 6.92 Å². The molecule has 0 aromatic rings. The SMILES string of the molecule is CCOC(=O)C(CN)(CC(C)C)CC(C)C. The Labute approximate surface area is 99.7 Å². The van der Waals surface area contributed by atoms with Gasteiger partial charge < -0.3 is 10.5 Å². The zero-order chi connectivity index (χ0) is 12.8. The molecule has 0 bridgehead atoms. The van der Waals surface area contributed by atoms with E-state index in [-0.39, 0.29) is 5.97 Å². The third-order valence-electron chi connectivity index (χ3n) is 2.70. The van der Waals surface area contributed by atoms with Gasteiger partial charge in [-0.3, -0.25) is 4.79 Å². The van der Waals surface area contributed by atoms with Crippen molar-refractivity contribution in [2.75, 3.05) is 13.2 Å². The highest BCUT2D eigenvalue weighted by Gasteiger charge is 2.39. The lowest BCUT2D eigenvalue weighted by Crippen LogP contribution is -2.42. The Morgan fingerprint density at radius 3 is 1.88 bits per heavy atom. The number of ether oxygens (including phenoxy) is 1. The van der Waals surface area contributed by atoms with E-state index in [1.54, 1.807) is 0 Å². The summed E-state index contributed by atoms with van der Waals surface area (Å²) in [4.78, 5) is 12.1. The molecular formula is C13H27NO2. The predicted molar refractivity (Wildman–Crippen MR) is 67.0 cm³/mol. The van der Waals surface area contributed by atoms with Gasteiger partial charge in [0.15, 0.2) is 0 Å². The first kappa shape index (κ1) is 15.4. The number of rotatable bonds is 7. The van der Waals surface area contributed by atoms with Crippen molar-refractivity contribution in [3.63, 3.8) is 0 Å². The van der Waals surface area contributed by atoms with Crippen LogP contribution in [0.5, 0.6) is 0 Å². The quantitative estimate of drug-likeness (QED) is 0.683. The minimum Gasteiger partial charge on any atom is -0.466 e. The van der Waals surface area contributed by atoms with Crippen molar-refractivity contribution in [2.24, 2.45) is 23.0 Å². The van der Waals surface area contributed by atoms with Gasteiger partial charge in [-0.2, -0.15) is 0 Å². The van der Waals surface area contributed by atoms with Gasteiger partial charge in [0.25, 0.3) is 0 Å². The Bertz CT molecular complexity index is 202. The minimum atomic E-state index is -0.488. The summed E-state index contributed by atoms with van der Waals surface area (Å²) >= 11 is 0. The largest absolute Gasteiger partial charge is 0.466 e. The predicted octanol–water partition coefficient (Wildman–Crippen LogP) is 2.59. The van der Waals surface area contributed by atoms with Crippen LogP contribution in [0.4, 0.5) is 0 Å². The topological polar surface area (TPSA) is 52.3 Å². The molecule has 0 rings (SSSR count). The van der Waals surface area contributed by atoms with Gasteiger partial charge in [0, 0.05) is 6.54 Å². The summed E-state index contributed by atoms with van der Waals surface area (Å²) < 4.78 is 5.18. The number of esters is 1. The molecule has 0 heterocycles. The molecule has 0 amide bonds. The van der Waals surface area contributed by atoms with Gasteiger partial charge >= 0.3 is 5.97 Å². The van der Waals surface area contributed by atoms with Crippen molar-refractivity contribution < 1.29 is 9.53 Å². The van der Waals surface area contributed by atoms with Crippen LogP contribution < -0.4 is 5.73 Å². The van der Waals surface area contributed by atoms with Crippen molar-refractivity contribution in [3.8, 4) is 0 Å². The van der Waals surface area contributed by atoms with Gasteiger partial charge in [0.1, 0.15) is 0 Å². The third-order valence-corrected chi connectivity index (χ3v) is 2.70. The highest BCUT2D eigenvalue weighted by molar-refractivity contribution is 5.77. The van der Waals surface area contributed by atoms with Crippen LogP contribution in [0.25, 0.3) is 0 Å². The van der Waals surface area contributed by atoms with E-state index in [9.17, 15) is 4.79 Å². The molecule has 0 saturated carbocycles. The zero-order valence-corrected chi connectivity index (χ0v) is 11.4. The molecule has 0 radical (unpaired) electrons. The van der Waals surface area contributed by atoms with Crippen LogP contribution in [0.1, 0.15) is 47.5 Å². The lowest BCUT2D eigenvalue weighted by Gasteiger charge is -2.33. The number of nitrogens with two attached hydrogens (primary N) is 1.